The van der Waals surface area contributed by atoms with Gasteiger partial charge in [-0.05, 0) is 87.5 Å². The molecule has 0 N–H and O–H groups in total. The fourth-order valence-electron chi connectivity index (χ4n) is 5.28. The van der Waals surface area contributed by atoms with Crippen LogP contribution < -0.4 is 0 Å². The van der Waals surface area contributed by atoms with E-state index in [1.54, 1.807) is 0 Å². The van der Waals surface area contributed by atoms with Crippen LogP contribution in [0.1, 0.15) is 94.9 Å². The minimum absolute atomic E-state index is 0.0404. The summed E-state index contributed by atoms with van der Waals surface area (Å²) in [6.45, 7) is 21.1. The summed E-state index contributed by atoms with van der Waals surface area (Å²) in [5, 5.41) is 0. The Labute approximate surface area is 256 Å². The summed E-state index contributed by atoms with van der Waals surface area (Å²) in [4.78, 5) is 24.3. The second-order valence-corrected chi connectivity index (χ2v) is 13.1. The molecule has 0 saturated carbocycles. The van der Waals surface area contributed by atoms with E-state index in [1.165, 1.54) is 0 Å². The monoisotopic (exact) mass is 564 g/mol. The molecule has 0 unspecified atom stereocenters. The van der Waals surface area contributed by atoms with Crippen LogP contribution in [0.3, 0.4) is 0 Å². The summed E-state index contributed by atoms with van der Waals surface area (Å²) in [6.07, 6.45) is 32.4. The molecule has 0 aromatic carbocycles. The van der Waals surface area contributed by atoms with Crippen molar-refractivity contribution in [3.8, 4) is 0 Å². The second-order valence-electron chi connectivity index (χ2n) is 13.1. The highest BCUT2D eigenvalue weighted by Crippen LogP contribution is 2.40. The van der Waals surface area contributed by atoms with Crippen LogP contribution in [-0.4, -0.2) is 11.6 Å². The van der Waals surface area contributed by atoms with E-state index in [2.05, 4.69) is 140 Å². The van der Waals surface area contributed by atoms with Crippen molar-refractivity contribution in [2.75, 3.05) is 0 Å². The highest BCUT2D eigenvalue weighted by molar-refractivity contribution is 5.97. The van der Waals surface area contributed by atoms with Gasteiger partial charge in [-0.2, -0.15) is 0 Å². The molecular formula is C40H52O2. The largest absolute Gasteiger partial charge is 0.295 e. The number of rotatable bonds is 10. The highest BCUT2D eigenvalue weighted by Gasteiger charge is 2.31. The van der Waals surface area contributed by atoms with Gasteiger partial charge in [0.25, 0.3) is 0 Å². The predicted octanol–water partition coefficient (Wildman–Crippen LogP) is 11.0. The van der Waals surface area contributed by atoms with Crippen molar-refractivity contribution in [3.05, 3.63) is 130 Å². The quantitative estimate of drug-likeness (QED) is 0.247. The van der Waals surface area contributed by atoms with Gasteiger partial charge in [-0.25, -0.2) is 0 Å². The molecule has 0 spiro atoms. The fraction of sp³-hybridized carbons (Fsp3) is 0.400. The van der Waals surface area contributed by atoms with Gasteiger partial charge in [0.1, 0.15) is 0 Å². The lowest BCUT2D eigenvalue weighted by molar-refractivity contribution is -0.117. The van der Waals surface area contributed by atoms with Gasteiger partial charge >= 0.3 is 0 Å². The Morgan fingerprint density at radius 2 is 0.833 bits per heavy atom. The minimum atomic E-state index is 0.0404. The van der Waals surface area contributed by atoms with Gasteiger partial charge in [0.15, 0.2) is 11.6 Å². The van der Waals surface area contributed by atoms with E-state index in [1.807, 2.05) is 13.8 Å². The van der Waals surface area contributed by atoms with Gasteiger partial charge < -0.3 is 0 Å². The van der Waals surface area contributed by atoms with Crippen LogP contribution in [0.4, 0.5) is 0 Å². The van der Waals surface area contributed by atoms with E-state index < -0.39 is 0 Å². The normalized spacial score (nSPS) is 21.6. The summed E-state index contributed by atoms with van der Waals surface area (Å²) in [6, 6.07) is 0. The molecule has 0 aliphatic heterocycles. The first-order chi connectivity index (χ1) is 19.6. The number of carbonyl (C=O) groups is 2. The van der Waals surface area contributed by atoms with Crippen LogP contribution in [0, 0.1) is 10.8 Å². The number of hydrogen-bond donors (Lipinski definition) is 0. The average molecular weight is 565 g/mol. The zero-order valence-corrected chi connectivity index (χ0v) is 27.7. The Kier molecular flexibility index (Phi) is 12.9. The van der Waals surface area contributed by atoms with E-state index in [0.29, 0.717) is 12.8 Å². The maximum absolute atomic E-state index is 12.2. The number of ketones is 2. The van der Waals surface area contributed by atoms with Gasteiger partial charge in [-0.15, -0.1) is 0 Å². The summed E-state index contributed by atoms with van der Waals surface area (Å²) < 4.78 is 0. The van der Waals surface area contributed by atoms with Gasteiger partial charge in [0.05, 0.1) is 0 Å². The lowest BCUT2D eigenvalue weighted by Gasteiger charge is -2.32. The standard InChI is InChI=1S/C40H52O2/c1-29(17-13-19-31(3)21-23-35-33(5)37(41)25-27-39(35,7)8)15-11-12-16-30(2)18-14-20-32(4)22-24-36-34(6)38(42)26-28-40(36,9)10/h11-24H,25-28H2,1-10H3/b12-11-,17-13-,18-14-,23-21-,24-22+,29-15+,30-16-,31-19+,32-20-. The number of hydrogen-bond acceptors (Lipinski definition) is 2. The molecule has 2 rings (SSSR count). The van der Waals surface area contributed by atoms with Gasteiger partial charge in [0, 0.05) is 12.8 Å². The first-order valence-corrected chi connectivity index (χ1v) is 15.2. The second kappa shape index (κ2) is 15.6. The number of carbonyl (C=O) groups excluding carboxylic acids is 2. The minimum Gasteiger partial charge on any atom is -0.295 e. The third kappa shape index (κ3) is 10.7. The molecule has 0 aromatic rings. The van der Waals surface area contributed by atoms with Gasteiger partial charge in [-0.3, -0.25) is 9.59 Å². The van der Waals surface area contributed by atoms with E-state index in [9.17, 15) is 9.59 Å². The van der Waals surface area contributed by atoms with Gasteiger partial charge in [0.2, 0.25) is 0 Å². The van der Waals surface area contributed by atoms with Gasteiger partial charge in [-0.1, -0.05) is 135 Å². The molecule has 0 heterocycles. The van der Waals surface area contributed by atoms with E-state index >= 15 is 0 Å². The highest BCUT2D eigenvalue weighted by atomic mass is 16.1. The Morgan fingerprint density at radius 3 is 1.19 bits per heavy atom. The van der Waals surface area contributed by atoms with Crippen molar-refractivity contribution in [3.63, 3.8) is 0 Å². The van der Waals surface area contributed by atoms with Crippen molar-refractivity contribution in [2.24, 2.45) is 10.8 Å². The van der Waals surface area contributed by atoms with Crippen molar-refractivity contribution in [2.45, 2.75) is 94.9 Å². The number of Topliss-reactive ketones (excluding diaryl/α,β-unsaturated/α-hetero) is 2. The van der Waals surface area contributed by atoms with Crippen LogP contribution in [-0.2, 0) is 9.59 Å². The van der Waals surface area contributed by atoms with Crippen LogP contribution in [0.5, 0.6) is 0 Å². The molecular weight excluding hydrogens is 512 g/mol. The zero-order chi connectivity index (χ0) is 31.5. The lowest BCUT2D eigenvalue weighted by Crippen LogP contribution is -2.24. The third-order valence-electron chi connectivity index (χ3n) is 8.35. The first-order valence-electron chi connectivity index (χ1n) is 15.2. The number of allylic oxidation sites excluding steroid dienone is 22. The van der Waals surface area contributed by atoms with Crippen molar-refractivity contribution in [1.82, 2.24) is 0 Å². The SMILES string of the molecule is CC1=C(\C=C/C(C)=C/C=C\C(C)=C\C=C/C=C(C)\C=C/C=C(C)\C=C\C2=C(C)C(=O)CCC2(C)C)C(C)(C)CCC1=O. The topological polar surface area (TPSA) is 34.1 Å². The molecule has 2 aliphatic rings. The molecule has 0 amide bonds. The zero-order valence-electron chi connectivity index (χ0n) is 27.7. The summed E-state index contributed by atoms with van der Waals surface area (Å²) in [5.41, 5.74) is 8.82. The summed E-state index contributed by atoms with van der Waals surface area (Å²) in [7, 11) is 0. The molecule has 0 fully saturated rings. The van der Waals surface area contributed by atoms with Crippen LogP contribution in [0.25, 0.3) is 0 Å². The molecule has 0 bridgehead atoms. The Balaban J connectivity index is 1.93. The molecule has 2 heteroatoms. The Bertz CT molecular complexity index is 1270. The van der Waals surface area contributed by atoms with E-state index in [-0.39, 0.29) is 22.4 Å². The van der Waals surface area contributed by atoms with E-state index in [4.69, 9.17) is 0 Å². The Morgan fingerprint density at radius 1 is 0.524 bits per heavy atom. The molecule has 0 saturated heterocycles. The smallest absolute Gasteiger partial charge is 0.158 e. The lowest BCUT2D eigenvalue weighted by atomic mass is 9.72. The van der Waals surface area contributed by atoms with Crippen molar-refractivity contribution in [1.29, 1.82) is 0 Å². The fourth-order valence-corrected chi connectivity index (χ4v) is 5.28. The molecule has 2 aliphatic carbocycles. The maximum atomic E-state index is 12.2. The predicted molar refractivity (Wildman–Crippen MR) is 182 cm³/mol. The molecule has 42 heavy (non-hydrogen) atoms. The van der Waals surface area contributed by atoms with Crippen LogP contribution >= 0.6 is 0 Å². The maximum Gasteiger partial charge on any atom is 0.158 e. The van der Waals surface area contributed by atoms with Crippen molar-refractivity contribution < 1.29 is 9.59 Å². The third-order valence-corrected chi connectivity index (χ3v) is 8.35. The summed E-state index contributed by atoms with van der Waals surface area (Å²) in [5.74, 6) is 0.542. The average Bonchev–Trinajstić information content (AvgIpc) is 2.91. The Hall–Kier alpha value is -3.52. The van der Waals surface area contributed by atoms with Crippen LogP contribution in [0.15, 0.2) is 130 Å². The summed E-state index contributed by atoms with van der Waals surface area (Å²) >= 11 is 0. The first kappa shape index (κ1) is 34.7. The van der Waals surface area contributed by atoms with E-state index in [0.717, 1.165) is 57.4 Å². The van der Waals surface area contributed by atoms with Crippen LogP contribution in [0.2, 0.25) is 0 Å². The molecule has 224 valence electrons. The molecule has 0 atom stereocenters. The molecule has 0 radical (unpaired) electrons. The molecule has 0 aromatic heterocycles. The van der Waals surface area contributed by atoms with Crippen molar-refractivity contribution >= 4 is 11.6 Å². The molecule has 2 nitrogen and oxygen atoms in total.